The lowest BCUT2D eigenvalue weighted by Gasteiger charge is -2.11. The van der Waals surface area contributed by atoms with Crippen LogP contribution in [-0.2, 0) is 14.4 Å². The highest BCUT2D eigenvalue weighted by Crippen LogP contribution is 1.98. The van der Waals surface area contributed by atoms with Gasteiger partial charge in [-0.25, -0.2) is 0 Å². The molecule has 0 radical (unpaired) electrons. The van der Waals surface area contributed by atoms with Gasteiger partial charge in [0.05, 0.1) is 12.5 Å². The molecule has 0 saturated heterocycles. The van der Waals surface area contributed by atoms with Crippen molar-refractivity contribution >= 4 is 17.8 Å². The summed E-state index contributed by atoms with van der Waals surface area (Å²) in [7, 11) is 0. The van der Waals surface area contributed by atoms with Crippen LogP contribution < -0.4 is 16.4 Å². The molecular weight excluding hydrogens is 238 g/mol. The molecule has 7 heteroatoms. The summed E-state index contributed by atoms with van der Waals surface area (Å²) in [5.41, 5.74) is 5.63. The van der Waals surface area contributed by atoms with E-state index in [0.717, 1.165) is 12.8 Å². The SMILES string of the molecule is CC(=O)NCCCCC(N)C(=O)NCCC(=O)O. The molecule has 0 aliphatic carbocycles. The zero-order valence-corrected chi connectivity index (χ0v) is 10.6. The van der Waals surface area contributed by atoms with Crippen LogP contribution in [0.4, 0.5) is 0 Å². The number of carbonyl (C=O) groups is 3. The number of carboxylic acids is 1. The quantitative estimate of drug-likeness (QED) is 0.404. The van der Waals surface area contributed by atoms with Crippen LogP contribution in [-0.4, -0.2) is 42.0 Å². The van der Waals surface area contributed by atoms with Gasteiger partial charge in [-0.15, -0.1) is 0 Å². The molecule has 0 saturated carbocycles. The number of amides is 2. The molecule has 1 unspecified atom stereocenters. The highest BCUT2D eigenvalue weighted by Gasteiger charge is 2.12. The highest BCUT2D eigenvalue weighted by atomic mass is 16.4. The van der Waals surface area contributed by atoms with Gasteiger partial charge in [-0.05, 0) is 19.3 Å². The largest absolute Gasteiger partial charge is 0.481 e. The number of carboxylic acid groups (broad SMARTS) is 1. The first-order valence-electron chi connectivity index (χ1n) is 5.93. The van der Waals surface area contributed by atoms with Crippen molar-refractivity contribution in [2.45, 2.75) is 38.6 Å². The van der Waals surface area contributed by atoms with E-state index in [4.69, 9.17) is 10.8 Å². The lowest BCUT2D eigenvalue weighted by atomic mass is 10.1. The minimum atomic E-state index is -0.959. The zero-order chi connectivity index (χ0) is 14.0. The minimum absolute atomic E-state index is 0.0780. The van der Waals surface area contributed by atoms with Crippen molar-refractivity contribution in [2.75, 3.05) is 13.1 Å². The van der Waals surface area contributed by atoms with E-state index in [1.165, 1.54) is 6.92 Å². The molecule has 0 aromatic rings. The van der Waals surface area contributed by atoms with Crippen LogP contribution in [0.15, 0.2) is 0 Å². The predicted molar refractivity (Wildman–Crippen MR) is 65.8 cm³/mol. The Morgan fingerprint density at radius 1 is 1.17 bits per heavy atom. The highest BCUT2D eigenvalue weighted by molar-refractivity contribution is 5.81. The Hall–Kier alpha value is -1.63. The first-order chi connectivity index (χ1) is 8.43. The number of rotatable bonds is 9. The van der Waals surface area contributed by atoms with Gasteiger partial charge in [0.25, 0.3) is 0 Å². The van der Waals surface area contributed by atoms with E-state index in [2.05, 4.69) is 10.6 Å². The number of nitrogens with one attached hydrogen (secondary N) is 2. The van der Waals surface area contributed by atoms with Crippen molar-refractivity contribution in [3.05, 3.63) is 0 Å². The van der Waals surface area contributed by atoms with Gasteiger partial charge < -0.3 is 21.5 Å². The van der Waals surface area contributed by atoms with Crippen molar-refractivity contribution in [3.8, 4) is 0 Å². The second kappa shape index (κ2) is 9.41. The van der Waals surface area contributed by atoms with Gasteiger partial charge >= 0.3 is 5.97 Å². The molecule has 0 spiro atoms. The summed E-state index contributed by atoms with van der Waals surface area (Å²) in [6.07, 6.45) is 1.89. The fourth-order valence-corrected chi connectivity index (χ4v) is 1.31. The topological polar surface area (TPSA) is 122 Å². The van der Waals surface area contributed by atoms with Crippen LogP contribution >= 0.6 is 0 Å². The Morgan fingerprint density at radius 2 is 1.83 bits per heavy atom. The molecule has 0 aliphatic rings. The lowest BCUT2D eigenvalue weighted by Crippen LogP contribution is -2.41. The van der Waals surface area contributed by atoms with Gasteiger partial charge in [-0.1, -0.05) is 0 Å². The number of aliphatic carboxylic acids is 1. The van der Waals surface area contributed by atoms with Crippen molar-refractivity contribution < 1.29 is 19.5 Å². The van der Waals surface area contributed by atoms with Crippen molar-refractivity contribution in [2.24, 2.45) is 5.73 Å². The molecule has 0 bridgehead atoms. The van der Waals surface area contributed by atoms with Crippen LogP contribution in [0.5, 0.6) is 0 Å². The maximum atomic E-state index is 11.4. The van der Waals surface area contributed by atoms with Gasteiger partial charge in [0.2, 0.25) is 11.8 Å². The van der Waals surface area contributed by atoms with E-state index < -0.39 is 12.0 Å². The molecule has 7 nitrogen and oxygen atoms in total. The van der Waals surface area contributed by atoms with Crippen molar-refractivity contribution in [1.29, 1.82) is 0 Å². The lowest BCUT2D eigenvalue weighted by molar-refractivity contribution is -0.137. The summed E-state index contributed by atoms with van der Waals surface area (Å²) < 4.78 is 0. The molecule has 2 amide bonds. The van der Waals surface area contributed by atoms with Gasteiger partial charge in [0.15, 0.2) is 0 Å². The molecular formula is C11H21N3O4. The third-order valence-electron chi connectivity index (χ3n) is 2.29. The molecule has 0 fully saturated rings. The fourth-order valence-electron chi connectivity index (χ4n) is 1.31. The number of hydrogen-bond donors (Lipinski definition) is 4. The van der Waals surface area contributed by atoms with Crippen LogP contribution in [0, 0.1) is 0 Å². The minimum Gasteiger partial charge on any atom is -0.481 e. The molecule has 0 aliphatic heterocycles. The monoisotopic (exact) mass is 259 g/mol. The third-order valence-corrected chi connectivity index (χ3v) is 2.29. The number of hydrogen-bond acceptors (Lipinski definition) is 4. The normalized spacial score (nSPS) is 11.7. The molecule has 18 heavy (non-hydrogen) atoms. The molecule has 0 aromatic carbocycles. The summed E-state index contributed by atoms with van der Waals surface area (Å²) in [6, 6.07) is -0.629. The molecule has 1 atom stereocenters. The van der Waals surface area contributed by atoms with E-state index in [-0.39, 0.29) is 24.8 Å². The predicted octanol–water partition coefficient (Wildman–Crippen LogP) is -0.789. The van der Waals surface area contributed by atoms with E-state index in [1.54, 1.807) is 0 Å². The Kier molecular flexibility index (Phi) is 8.55. The molecule has 5 N–H and O–H groups in total. The summed E-state index contributed by atoms with van der Waals surface area (Å²) in [4.78, 5) is 32.2. The maximum Gasteiger partial charge on any atom is 0.305 e. The first-order valence-corrected chi connectivity index (χ1v) is 5.93. The number of carbonyl (C=O) groups excluding carboxylic acids is 2. The average molecular weight is 259 g/mol. The van der Waals surface area contributed by atoms with Crippen molar-refractivity contribution in [3.63, 3.8) is 0 Å². The summed E-state index contributed by atoms with van der Waals surface area (Å²) >= 11 is 0. The second-order valence-corrected chi connectivity index (χ2v) is 4.02. The standard InChI is InChI=1S/C11H21N3O4/c1-8(15)13-6-3-2-4-9(12)11(18)14-7-5-10(16)17/h9H,2-7,12H2,1H3,(H,13,15)(H,14,18)(H,16,17). The number of unbranched alkanes of at least 4 members (excludes halogenated alkanes) is 1. The van der Waals surface area contributed by atoms with E-state index in [1.807, 2.05) is 0 Å². The smallest absolute Gasteiger partial charge is 0.305 e. The van der Waals surface area contributed by atoms with E-state index in [0.29, 0.717) is 13.0 Å². The fraction of sp³-hybridized carbons (Fsp3) is 0.727. The Balaban J connectivity index is 3.55. The van der Waals surface area contributed by atoms with E-state index >= 15 is 0 Å². The average Bonchev–Trinajstić information content (AvgIpc) is 2.27. The summed E-state index contributed by atoms with van der Waals surface area (Å²) in [6.45, 7) is 2.11. The van der Waals surface area contributed by atoms with Crippen LogP contribution in [0.1, 0.15) is 32.6 Å². The maximum absolute atomic E-state index is 11.4. The Labute approximate surface area is 106 Å². The van der Waals surface area contributed by atoms with Crippen LogP contribution in [0.25, 0.3) is 0 Å². The van der Waals surface area contributed by atoms with Gasteiger partial charge in [0.1, 0.15) is 0 Å². The third kappa shape index (κ3) is 9.59. The molecule has 0 heterocycles. The molecule has 104 valence electrons. The van der Waals surface area contributed by atoms with Crippen molar-refractivity contribution in [1.82, 2.24) is 10.6 Å². The Bertz CT molecular complexity index is 294. The van der Waals surface area contributed by atoms with Gasteiger partial charge in [0, 0.05) is 20.0 Å². The zero-order valence-electron chi connectivity index (χ0n) is 10.6. The summed E-state index contributed by atoms with van der Waals surface area (Å²) in [5, 5.41) is 13.5. The Morgan fingerprint density at radius 3 is 2.39 bits per heavy atom. The second-order valence-electron chi connectivity index (χ2n) is 4.02. The molecule has 0 aromatic heterocycles. The summed E-state index contributed by atoms with van der Waals surface area (Å²) in [5.74, 6) is -1.37. The molecule has 0 rings (SSSR count). The van der Waals surface area contributed by atoms with Gasteiger partial charge in [-0.2, -0.15) is 0 Å². The first kappa shape index (κ1) is 16.4. The van der Waals surface area contributed by atoms with Crippen LogP contribution in [0.2, 0.25) is 0 Å². The van der Waals surface area contributed by atoms with Crippen LogP contribution in [0.3, 0.4) is 0 Å². The number of nitrogens with two attached hydrogens (primary N) is 1. The van der Waals surface area contributed by atoms with E-state index in [9.17, 15) is 14.4 Å². The van der Waals surface area contributed by atoms with Gasteiger partial charge in [-0.3, -0.25) is 14.4 Å².